The van der Waals surface area contributed by atoms with Crippen LogP contribution in [0.4, 0.5) is 4.39 Å². The molecule has 0 aromatic heterocycles. The molecule has 4 N–H and O–H groups in total. The van der Waals surface area contributed by atoms with Crippen LogP contribution in [0.5, 0.6) is 0 Å². The van der Waals surface area contributed by atoms with Crippen molar-refractivity contribution < 1.29 is 4.39 Å². The summed E-state index contributed by atoms with van der Waals surface area (Å²) >= 11 is 0. The Labute approximate surface area is 90.5 Å². The Balaban J connectivity index is 2.61. The lowest BCUT2D eigenvalue weighted by Gasteiger charge is -2.12. The molecule has 0 bridgehead atoms. The molecule has 1 aromatic carbocycles. The Morgan fingerprint density at radius 2 is 2.07 bits per heavy atom. The Morgan fingerprint density at radius 1 is 1.33 bits per heavy atom. The summed E-state index contributed by atoms with van der Waals surface area (Å²) in [4.78, 5) is 0. The number of hydrogen-bond donors (Lipinski definition) is 2. The molecule has 1 aromatic rings. The van der Waals surface area contributed by atoms with Crippen molar-refractivity contribution in [2.75, 3.05) is 6.54 Å². The van der Waals surface area contributed by atoms with E-state index >= 15 is 0 Å². The lowest BCUT2D eigenvalue weighted by atomic mass is 10.0. The van der Waals surface area contributed by atoms with Crippen molar-refractivity contribution in [3.63, 3.8) is 0 Å². The summed E-state index contributed by atoms with van der Waals surface area (Å²) in [6, 6.07) is 4.98. The number of aryl methyl sites for hydroxylation is 1. The van der Waals surface area contributed by atoms with E-state index in [1.807, 2.05) is 13.0 Å². The molecule has 84 valence electrons. The summed E-state index contributed by atoms with van der Waals surface area (Å²) in [5.41, 5.74) is 12.8. The maximum absolute atomic E-state index is 13.5. The number of hydrogen-bond acceptors (Lipinski definition) is 2. The minimum Gasteiger partial charge on any atom is -0.330 e. The van der Waals surface area contributed by atoms with Gasteiger partial charge in [-0.1, -0.05) is 18.6 Å². The highest BCUT2D eigenvalue weighted by Gasteiger charge is 2.10. The van der Waals surface area contributed by atoms with Crippen LogP contribution in [-0.2, 0) is 0 Å². The van der Waals surface area contributed by atoms with Crippen molar-refractivity contribution in [3.8, 4) is 0 Å². The van der Waals surface area contributed by atoms with Gasteiger partial charge in [0, 0.05) is 11.6 Å². The van der Waals surface area contributed by atoms with Crippen LogP contribution in [0.2, 0.25) is 0 Å². The molecular weight excluding hydrogens is 191 g/mol. The summed E-state index contributed by atoms with van der Waals surface area (Å²) in [6.45, 7) is 2.54. The molecule has 0 aliphatic carbocycles. The molecule has 0 radical (unpaired) electrons. The topological polar surface area (TPSA) is 52.0 Å². The highest BCUT2D eigenvalue weighted by atomic mass is 19.1. The van der Waals surface area contributed by atoms with Gasteiger partial charge in [-0.15, -0.1) is 0 Å². The number of unbranched alkanes of at least 4 members (excludes halogenated alkanes) is 1. The van der Waals surface area contributed by atoms with E-state index in [0.29, 0.717) is 12.1 Å². The van der Waals surface area contributed by atoms with Crippen LogP contribution < -0.4 is 11.5 Å². The molecule has 0 aliphatic rings. The third-order valence-electron chi connectivity index (χ3n) is 2.52. The highest BCUT2D eigenvalue weighted by molar-refractivity contribution is 5.25. The Kier molecular flexibility index (Phi) is 4.72. The second-order valence-electron chi connectivity index (χ2n) is 3.92. The second kappa shape index (κ2) is 5.83. The smallest absolute Gasteiger partial charge is 0.128 e. The van der Waals surface area contributed by atoms with Gasteiger partial charge in [-0.3, -0.25) is 0 Å². The van der Waals surface area contributed by atoms with Crippen LogP contribution >= 0.6 is 0 Å². The van der Waals surface area contributed by atoms with Gasteiger partial charge in [0.1, 0.15) is 5.82 Å². The lowest BCUT2D eigenvalue weighted by molar-refractivity contribution is 0.542. The van der Waals surface area contributed by atoms with Crippen molar-refractivity contribution in [3.05, 3.63) is 35.1 Å². The summed E-state index contributed by atoms with van der Waals surface area (Å²) in [7, 11) is 0. The number of benzene rings is 1. The van der Waals surface area contributed by atoms with E-state index in [2.05, 4.69) is 0 Å². The van der Waals surface area contributed by atoms with E-state index in [9.17, 15) is 4.39 Å². The first-order chi connectivity index (χ1) is 7.15. The maximum atomic E-state index is 13.5. The first-order valence-corrected chi connectivity index (χ1v) is 5.37. The van der Waals surface area contributed by atoms with E-state index in [1.165, 1.54) is 6.07 Å². The molecule has 0 amide bonds. The monoisotopic (exact) mass is 210 g/mol. The number of halogens is 1. The van der Waals surface area contributed by atoms with Gasteiger partial charge in [-0.25, -0.2) is 4.39 Å². The van der Waals surface area contributed by atoms with Crippen molar-refractivity contribution in [1.82, 2.24) is 0 Å². The van der Waals surface area contributed by atoms with E-state index in [0.717, 1.165) is 24.8 Å². The lowest BCUT2D eigenvalue weighted by Crippen LogP contribution is -2.12. The normalized spacial score (nSPS) is 12.8. The molecule has 2 nitrogen and oxygen atoms in total. The maximum Gasteiger partial charge on any atom is 0.128 e. The predicted octanol–water partition coefficient (Wildman–Crippen LogP) is 2.26. The van der Waals surface area contributed by atoms with Crippen molar-refractivity contribution in [2.45, 2.75) is 32.2 Å². The van der Waals surface area contributed by atoms with Gasteiger partial charge >= 0.3 is 0 Å². The van der Waals surface area contributed by atoms with Gasteiger partial charge in [0.2, 0.25) is 0 Å². The Morgan fingerprint density at radius 3 is 2.67 bits per heavy atom. The Hall–Kier alpha value is -0.930. The molecule has 1 rings (SSSR count). The average Bonchev–Trinajstić information content (AvgIpc) is 2.17. The van der Waals surface area contributed by atoms with Crippen LogP contribution in [0.3, 0.4) is 0 Å². The zero-order valence-corrected chi connectivity index (χ0v) is 9.17. The van der Waals surface area contributed by atoms with Crippen LogP contribution in [0.1, 0.15) is 36.4 Å². The van der Waals surface area contributed by atoms with E-state index in [1.54, 1.807) is 6.07 Å². The molecule has 3 heteroatoms. The number of nitrogens with two attached hydrogens (primary N) is 2. The molecule has 0 spiro atoms. The molecule has 0 heterocycles. The summed E-state index contributed by atoms with van der Waals surface area (Å²) < 4.78 is 13.5. The van der Waals surface area contributed by atoms with Gasteiger partial charge in [0.15, 0.2) is 0 Å². The molecule has 1 atom stereocenters. The van der Waals surface area contributed by atoms with Crippen LogP contribution in [-0.4, -0.2) is 6.54 Å². The minimum atomic E-state index is -0.211. The first kappa shape index (κ1) is 12.1. The second-order valence-corrected chi connectivity index (χ2v) is 3.92. The molecular formula is C12H19FN2. The quantitative estimate of drug-likeness (QED) is 0.732. The fraction of sp³-hybridized carbons (Fsp3) is 0.500. The van der Waals surface area contributed by atoms with Gasteiger partial charge in [-0.2, -0.15) is 0 Å². The van der Waals surface area contributed by atoms with Crippen LogP contribution in [0.25, 0.3) is 0 Å². The van der Waals surface area contributed by atoms with Crippen molar-refractivity contribution in [1.29, 1.82) is 0 Å². The Bertz CT molecular complexity index is 312. The average molecular weight is 210 g/mol. The predicted molar refractivity (Wildman–Crippen MR) is 61.0 cm³/mol. The molecule has 0 fully saturated rings. The van der Waals surface area contributed by atoms with Crippen molar-refractivity contribution in [2.24, 2.45) is 11.5 Å². The highest BCUT2D eigenvalue weighted by Crippen LogP contribution is 2.20. The zero-order valence-electron chi connectivity index (χ0n) is 9.17. The van der Waals surface area contributed by atoms with Crippen LogP contribution in [0, 0.1) is 12.7 Å². The standard InChI is InChI=1S/C12H19FN2/c1-9-5-6-10(11(13)8-9)12(15)4-2-3-7-14/h5-6,8,12H,2-4,7,14-15H2,1H3/t12-/m1/s1. The van der Waals surface area contributed by atoms with Gasteiger partial charge in [0.25, 0.3) is 0 Å². The van der Waals surface area contributed by atoms with E-state index < -0.39 is 0 Å². The fourth-order valence-corrected chi connectivity index (χ4v) is 1.60. The third-order valence-corrected chi connectivity index (χ3v) is 2.52. The third kappa shape index (κ3) is 3.61. The molecule has 0 aliphatic heterocycles. The fourth-order valence-electron chi connectivity index (χ4n) is 1.60. The van der Waals surface area contributed by atoms with Gasteiger partial charge in [0.05, 0.1) is 0 Å². The SMILES string of the molecule is Cc1ccc([C@H](N)CCCCN)c(F)c1. The summed E-state index contributed by atoms with van der Waals surface area (Å²) in [5.74, 6) is -0.199. The zero-order chi connectivity index (χ0) is 11.3. The first-order valence-electron chi connectivity index (χ1n) is 5.37. The van der Waals surface area contributed by atoms with Gasteiger partial charge < -0.3 is 11.5 Å². The molecule has 0 saturated heterocycles. The molecule has 15 heavy (non-hydrogen) atoms. The molecule has 0 unspecified atom stereocenters. The largest absolute Gasteiger partial charge is 0.330 e. The van der Waals surface area contributed by atoms with Crippen molar-refractivity contribution >= 4 is 0 Å². The number of rotatable bonds is 5. The summed E-state index contributed by atoms with van der Waals surface area (Å²) in [5, 5.41) is 0. The minimum absolute atomic E-state index is 0.199. The van der Waals surface area contributed by atoms with Gasteiger partial charge in [-0.05, 0) is 37.9 Å². The molecule has 0 saturated carbocycles. The van der Waals surface area contributed by atoms with Crippen LogP contribution in [0.15, 0.2) is 18.2 Å². The summed E-state index contributed by atoms with van der Waals surface area (Å²) in [6.07, 6.45) is 2.68. The van der Waals surface area contributed by atoms with E-state index in [-0.39, 0.29) is 11.9 Å². The van der Waals surface area contributed by atoms with E-state index in [4.69, 9.17) is 11.5 Å².